The Hall–Kier alpha value is -0.160. The topological polar surface area (TPSA) is 52.9 Å². The van der Waals surface area contributed by atoms with Crippen LogP contribution in [0.1, 0.15) is 13.3 Å². The zero-order valence-electron chi connectivity index (χ0n) is 8.20. The molecule has 1 saturated heterocycles. The van der Waals surface area contributed by atoms with Gasteiger partial charge in [-0.1, -0.05) is 6.92 Å². The van der Waals surface area contributed by atoms with Crippen LogP contribution in [0.4, 0.5) is 0 Å². The van der Waals surface area contributed by atoms with E-state index < -0.39 is 5.54 Å². The van der Waals surface area contributed by atoms with E-state index in [-0.39, 0.29) is 13.2 Å². The molecule has 1 heterocycles. The Morgan fingerprint density at radius 3 is 2.15 bits per heavy atom. The molecule has 1 rings (SSSR count). The predicted molar refractivity (Wildman–Crippen MR) is 49.6 cm³/mol. The van der Waals surface area contributed by atoms with Gasteiger partial charge in [-0.05, 0) is 6.42 Å². The Morgan fingerprint density at radius 1 is 1.23 bits per heavy atom. The van der Waals surface area contributed by atoms with Gasteiger partial charge in [0.1, 0.15) is 0 Å². The highest BCUT2D eigenvalue weighted by Gasteiger charge is 2.34. The van der Waals surface area contributed by atoms with E-state index in [1.165, 1.54) is 0 Å². The molecule has 0 saturated carbocycles. The highest BCUT2D eigenvalue weighted by Crippen LogP contribution is 2.19. The second-order valence-electron chi connectivity index (χ2n) is 3.49. The van der Waals surface area contributed by atoms with Gasteiger partial charge < -0.3 is 14.9 Å². The number of morpholine rings is 1. The molecule has 0 aliphatic carbocycles. The summed E-state index contributed by atoms with van der Waals surface area (Å²) in [6.45, 7) is 5.01. The Bertz CT molecular complexity index is 134. The lowest BCUT2D eigenvalue weighted by Crippen LogP contribution is -2.57. The van der Waals surface area contributed by atoms with Crippen molar-refractivity contribution >= 4 is 0 Å². The molecule has 1 aliphatic rings. The standard InChI is InChI=1S/C9H19NO3/c1-2-9(7-11,8-12)10-3-5-13-6-4-10/h11-12H,2-8H2,1H3. The minimum atomic E-state index is -0.441. The maximum absolute atomic E-state index is 9.29. The van der Waals surface area contributed by atoms with E-state index in [4.69, 9.17) is 4.74 Å². The Labute approximate surface area is 79.1 Å². The van der Waals surface area contributed by atoms with Crippen LogP contribution in [0.2, 0.25) is 0 Å². The van der Waals surface area contributed by atoms with Crippen molar-refractivity contribution in [3.05, 3.63) is 0 Å². The molecule has 0 unspecified atom stereocenters. The normalized spacial score (nSPS) is 20.5. The summed E-state index contributed by atoms with van der Waals surface area (Å²) in [7, 11) is 0. The van der Waals surface area contributed by atoms with Crippen molar-refractivity contribution in [3.63, 3.8) is 0 Å². The number of hydrogen-bond acceptors (Lipinski definition) is 4. The van der Waals surface area contributed by atoms with Gasteiger partial charge in [-0.15, -0.1) is 0 Å². The van der Waals surface area contributed by atoms with Gasteiger partial charge in [0.25, 0.3) is 0 Å². The summed E-state index contributed by atoms with van der Waals surface area (Å²) < 4.78 is 5.22. The van der Waals surface area contributed by atoms with Gasteiger partial charge in [-0.3, -0.25) is 4.90 Å². The Balaban J connectivity index is 2.60. The summed E-state index contributed by atoms with van der Waals surface area (Å²) in [4.78, 5) is 2.12. The highest BCUT2D eigenvalue weighted by atomic mass is 16.5. The van der Waals surface area contributed by atoms with Gasteiger partial charge >= 0.3 is 0 Å². The lowest BCUT2D eigenvalue weighted by molar-refractivity contribution is -0.0677. The maximum Gasteiger partial charge on any atom is 0.0671 e. The van der Waals surface area contributed by atoms with Crippen molar-refractivity contribution in [1.82, 2.24) is 4.90 Å². The second-order valence-corrected chi connectivity index (χ2v) is 3.49. The number of aliphatic hydroxyl groups is 2. The minimum absolute atomic E-state index is 0.0139. The molecule has 0 bridgehead atoms. The molecule has 4 nitrogen and oxygen atoms in total. The van der Waals surface area contributed by atoms with Crippen molar-refractivity contribution in [2.24, 2.45) is 0 Å². The van der Waals surface area contributed by atoms with E-state index in [1.54, 1.807) is 0 Å². The fraction of sp³-hybridized carbons (Fsp3) is 1.00. The van der Waals surface area contributed by atoms with Gasteiger partial charge in [-0.2, -0.15) is 0 Å². The number of ether oxygens (including phenoxy) is 1. The van der Waals surface area contributed by atoms with Gasteiger partial charge in [0.15, 0.2) is 0 Å². The fourth-order valence-corrected chi connectivity index (χ4v) is 1.73. The zero-order valence-corrected chi connectivity index (χ0v) is 8.20. The Morgan fingerprint density at radius 2 is 1.77 bits per heavy atom. The van der Waals surface area contributed by atoms with Gasteiger partial charge in [-0.25, -0.2) is 0 Å². The molecule has 4 heteroatoms. The lowest BCUT2D eigenvalue weighted by Gasteiger charge is -2.42. The second kappa shape index (κ2) is 4.91. The lowest BCUT2D eigenvalue weighted by atomic mass is 9.95. The van der Waals surface area contributed by atoms with Crippen molar-refractivity contribution in [2.75, 3.05) is 39.5 Å². The third-order valence-electron chi connectivity index (χ3n) is 2.93. The molecular formula is C9H19NO3. The summed E-state index contributed by atoms with van der Waals surface area (Å²) in [5.74, 6) is 0. The molecular weight excluding hydrogens is 170 g/mol. The first-order valence-corrected chi connectivity index (χ1v) is 4.83. The van der Waals surface area contributed by atoms with Crippen LogP contribution in [0.3, 0.4) is 0 Å². The molecule has 1 aliphatic heterocycles. The first kappa shape index (κ1) is 10.9. The summed E-state index contributed by atoms with van der Waals surface area (Å²) in [5.41, 5.74) is -0.441. The van der Waals surface area contributed by atoms with Crippen LogP contribution in [0.15, 0.2) is 0 Å². The van der Waals surface area contributed by atoms with E-state index in [9.17, 15) is 10.2 Å². The summed E-state index contributed by atoms with van der Waals surface area (Å²) in [6.07, 6.45) is 0.764. The number of hydrogen-bond donors (Lipinski definition) is 2. The first-order chi connectivity index (χ1) is 6.29. The van der Waals surface area contributed by atoms with Crippen LogP contribution in [0, 0.1) is 0 Å². The molecule has 0 amide bonds. The van der Waals surface area contributed by atoms with Crippen LogP contribution in [-0.2, 0) is 4.74 Å². The van der Waals surface area contributed by atoms with Gasteiger partial charge in [0.05, 0.1) is 32.0 Å². The summed E-state index contributed by atoms with van der Waals surface area (Å²) in [6, 6.07) is 0. The third kappa shape index (κ3) is 2.20. The molecule has 78 valence electrons. The SMILES string of the molecule is CCC(CO)(CO)N1CCOCC1. The average Bonchev–Trinajstić information content (AvgIpc) is 2.23. The Kier molecular flexibility index (Phi) is 4.12. The average molecular weight is 189 g/mol. The summed E-state index contributed by atoms with van der Waals surface area (Å²) >= 11 is 0. The van der Waals surface area contributed by atoms with Gasteiger partial charge in [0, 0.05) is 13.1 Å². The predicted octanol–water partition coefficient (Wildman–Crippen LogP) is -0.548. The van der Waals surface area contributed by atoms with Gasteiger partial charge in [0.2, 0.25) is 0 Å². The maximum atomic E-state index is 9.29. The smallest absolute Gasteiger partial charge is 0.0671 e. The molecule has 0 aromatic carbocycles. The molecule has 0 spiro atoms. The number of aliphatic hydroxyl groups excluding tert-OH is 2. The minimum Gasteiger partial charge on any atom is -0.394 e. The van der Waals surface area contributed by atoms with E-state index in [1.807, 2.05) is 6.92 Å². The van der Waals surface area contributed by atoms with Crippen molar-refractivity contribution in [3.8, 4) is 0 Å². The van der Waals surface area contributed by atoms with E-state index >= 15 is 0 Å². The molecule has 13 heavy (non-hydrogen) atoms. The van der Waals surface area contributed by atoms with Crippen LogP contribution in [0.5, 0.6) is 0 Å². The molecule has 1 fully saturated rings. The first-order valence-electron chi connectivity index (χ1n) is 4.83. The third-order valence-corrected chi connectivity index (χ3v) is 2.93. The number of nitrogens with zero attached hydrogens (tertiary/aromatic N) is 1. The van der Waals surface area contributed by atoms with Crippen molar-refractivity contribution in [2.45, 2.75) is 18.9 Å². The molecule has 0 aromatic rings. The van der Waals surface area contributed by atoms with Crippen LogP contribution < -0.4 is 0 Å². The number of rotatable bonds is 4. The van der Waals surface area contributed by atoms with Crippen LogP contribution >= 0.6 is 0 Å². The van der Waals surface area contributed by atoms with E-state index in [2.05, 4.69) is 4.90 Å². The summed E-state index contributed by atoms with van der Waals surface area (Å²) in [5, 5.41) is 18.6. The fourth-order valence-electron chi connectivity index (χ4n) is 1.73. The molecule has 0 atom stereocenters. The quantitative estimate of drug-likeness (QED) is 0.623. The van der Waals surface area contributed by atoms with Crippen molar-refractivity contribution < 1.29 is 14.9 Å². The van der Waals surface area contributed by atoms with E-state index in [0.29, 0.717) is 13.2 Å². The van der Waals surface area contributed by atoms with Crippen LogP contribution in [0.25, 0.3) is 0 Å². The largest absolute Gasteiger partial charge is 0.394 e. The van der Waals surface area contributed by atoms with E-state index in [0.717, 1.165) is 19.5 Å². The zero-order chi connectivity index (χ0) is 9.73. The molecule has 2 N–H and O–H groups in total. The monoisotopic (exact) mass is 189 g/mol. The molecule has 0 aromatic heterocycles. The molecule has 0 radical (unpaired) electrons. The van der Waals surface area contributed by atoms with Crippen LogP contribution in [-0.4, -0.2) is 60.2 Å². The van der Waals surface area contributed by atoms with Crippen molar-refractivity contribution in [1.29, 1.82) is 0 Å². The highest BCUT2D eigenvalue weighted by molar-refractivity contribution is 4.89.